The van der Waals surface area contributed by atoms with E-state index in [9.17, 15) is 0 Å². The molecular formula is C29H22ClN3. The van der Waals surface area contributed by atoms with Crippen LogP contribution in [0.4, 0.5) is 5.69 Å². The summed E-state index contributed by atoms with van der Waals surface area (Å²) in [5, 5.41) is 3.95. The van der Waals surface area contributed by atoms with Crippen molar-refractivity contribution in [2.24, 2.45) is 0 Å². The largest absolute Gasteiger partial charge is 0.388 e. The molecule has 0 aliphatic heterocycles. The van der Waals surface area contributed by atoms with Crippen molar-refractivity contribution >= 4 is 17.3 Å². The molecule has 0 fully saturated rings. The highest BCUT2D eigenvalue weighted by molar-refractivity contribution is 6.31. The van der Waals surface area contributed by atoms with E-state index in [-0.39, 0.29) is 0 Å². The van der Waals surface area contributed by atoms with Crippen LogP contribution >= 0.6 is 11.6 Å². The van der Waals surface area contributed by atoms with Crippen LogP contribution in [0.25, 0.3) is 45.0 Å². The minimum absolute atomic E-state index is 0.660. The van der Waals surface area contributed by atoms with E-state index in [2.05, 4.69) is 41.7 Å². The fourth-order valence-electron chi connectivity index (χ4n) is 3.95. The van der Waals surface area contributed by atoms with Gasteiger partial charge >= 0.3 is 0 Å². The molecule has 160 valence electrons. The fourth-order valence-corrected chi connectivity index (χ4v) is 4.12. The molecule has 3 nitrogen and oxygen atoms in total. The SMILES string of the molecule is CNc1ccccc1-c1cc(Cl)ccc1-c1nc(-c2ccccc2)cc(-c2ccccc2)n1. The van der Waals surface area contributed by atoms with Crippen LogP contribution < -0.4 is 5.32 Å². The van der Waals surface area contributed by atoms with Crippen molar-refractivity contribution in [3.8, 4) is 45.0 Å². The van der Waals surface area contributed by atoms with Gasteiger partial charge in [0.15, 0.2) is 5.82 Å². The van der Waals surface area contributed by atoms with Crippen molar-refractivity contribution in [3.63, 3.8) is 0 Å². The van der Waals surface area contributed by atoms with Crippen LogP contribution in [0.15, 0.2) is 109 Å². The molecule has 33 heavy (non-hydrogen) atoms. The monoisotopic (exact) mass is 447 g/mol. The average molecular weight is 448 g/mol. The number of hydrogen-bond donors (Lipinski definition) is 1. The van der Waals surface area contributed by atoms with Crippen molar-refractivity contribution in [1.29, 1.82) is 0 Å². The van der Waals surface area contributed by atoms with Crippen LogP contribution in [-0.2, 0) is 0 Å². The first-order chi connectivity index (χ1) is 16.2. The van der Waals surface area contributed by atoms with Gasteiger partial charge in [-0.2, -0.15) is 0 Å². The number of anilines is 1. The third-order valence-corrected chi connectivity index (χ3v) is 5.81. The van der Waals surface area contributed by atoms with Gasteiger partial charge in [0.1, 0.15) is 0 Å². The number of aromatic nitrogens is 2. The minimum atomic E-state index is 0.660. The molecule has 1 heterocycles. The summed E-state index contributed by atoms with van der Waals surface area (Å²) in [6.07, 6.45) is 0. The second-order valence-electron chi connectivity index (χ2n) is 7.68. The lowest BCUT2D eigenvalue weighted by Gasteiger charge is -2.15. The summed E-state index contributed by atoms with van der Waals surface area (Å²) in [6.45, 7) is 0. The van der Waals surface area contributed by atoms with Gasteiger partial charge in [-0.1, -0.05) is 90.5 Å². The van der Waals surface area contributed by atoms with Crippen molar-refractivity contribution in [2.75, 3.05) is 12.4 Å². The number of nitrogens with zero attached hydrogens (tertiary/aromatic N) is 2. The van der Waals surface area contributed by atoms with E-state index in [0.29, 0.717) is 10.8 Å². The van der Waals surface area contributed by atoms with E-state index in [1.165, 1.54) is 0 Å². The molecule has 5 aromatic rings. The summed E-state index contributed by atoms with van der Waals surface area (Å²) in [5.41, 5.74) is 7.82. The van der Waals surface area contributed by atoms with Crippen molar-refractivity contribution < 1.29 is 0 Å². The van der Waals surface area contributed by atoms with Crippen molar-refractivity contribution in [3.05, 3.63) is 114 Å². The Morgan fingerprint density at radius 2 is 1.15 bits per heavy atom. The topological polar surface area (TPSA) is 37.8 Å². The van der Waals surface area contributed by atoms with Gasteiger partial charge in [-0.15, -0.1) is 0 Å². The molecule has 0 atom stereocenters. The van der Waals surface area contributed by atoms with Gasteiger partial charge in [-0.25, -0.2) is 9.97 Å². The summed E-state index contributed by atoms with van der Waals surface area (Å²) >= 11 is 6.44. The molecule has 0 saturated heterocycles. The van der Waals surface area contributed by atoms with E-state index < -0.39 is 0 Å². The predicted molar refractivity (Wildman–Crippen MR) is 138 cm³/mol. The van der Waals surface area contributed by atoms with Gasteiger partial charge < -0.3 is 5.32 Å². The highest BCUT2D eigenvalue weighted by atomic mass is 35.5. The number of para-hydroxylation sites is 1. The highest BCUT2D eigenvalue weighted by Crippen LogP contribution is 2.38. The number of benzene rings is 4. The maximum Gasteiger partial charge on any atom is 0.161 e. The third-order valence-electron chi connectivity index (χ3n) is 5.57. The maximum absolute atomic E-state index is 6.44. The quantitative estimate of drug-likeness (QED) is 0.298. The molecule has 0 bridgehead atoms. The van der Waals surface area contributed by atoms with Gasteiger partial charge in [0.2, 0.25) is 0 Å². The molecule has 4 heteroatoms. The lowest BCUT2D eigenvalue weighted by molar-refractivity contribution is 1.18. The van der Waals surface area contributed by atoms with Gasteiger partial charge in [0.05, 0.1) is 11.4 Å². The summed E-state index contributed by atoms with van der Waals surface area (Å²) in [7, 11) is 1.92. The molecule has 4 aromatic carbocycles. The first-order valence-corrected chi connectivity index (χ1v) is 11.2. The first-order valence-electron chi connectivity index (χ1n) is 10.8. The molecule has 1 N–H and O–H groups in total. The number of rotatable bonds is 5. The normalized spacial score (nSPS) is 10.7. The lowest BCUT2D eigenvalue weighted by Crippen LogP contribution is -1.98. The second kappa shape index (κ2) is 9.27. The summed E-state index contributed by atoms with van der Waals surface area (Å²) < 4.78 is 0. The number of halogens is 1. The standard InChI is InChI=1S/C29H22ClN3/c1-31-26-15-9-8-14-23(26)25-18-22(30)16-17-24(25)29-32-27(20-10-4-2-5-11-20)19-28(33-29)21-12-6-3-7-13-21/h2-19,31H,1H3. The highest BCUT2D eigenvalue weighted by Gasteiger charge is 2.16. The predicted octanol–water partition coefficient (Wildman–Crippen LogP) is 7.84. The van der Waals surface area contributed by atoms with Gasteiger partial charge in [0.25, 0.3) is 0 Å². The lowest BCUT2D eigenvalue weighted by atomic mass is 9.97. The van der Waals surface area contributed by atoms with Gasteiger partial charge in [-0.05, 0) is 35.9 Å². The van der Waals surface area contributed by atoms with E-state index in [1.807, 2.05) is 79.8 Å². The van der Waals surface area contributed by atoms with E-state index >= 15 is 0 Å². The molecular weight excluding hydrogens is 426 g/mol. The van der Waals surface area contributed by atoms with E-state index in [4.69, 9.17) is 21.6 Å². The summed E-state index contributed by atoms with van der Waals surface area (Å²) in [5.74, 6) is 0.660. The Labute approximate surface area is 198 Å². The molecule has 0 radical (unpaired) electrons. The van der Waals surface area contributed by atoms with Crippen molar-refractivity contribution in [2.45, 2.75) is 0 Å². The third kappa shape index (κ3) is 4.36. The maximum atomic E-state index is 6.44. The van der Waals surface area contributed by atoms with E-state index in [0.717, 1.165) is 44.9 Å². The Morgan fingerprint density at radius 1 is 0.576 bits per heavy atom. The molecule has 0 unspecified atom stereocenters. The van der Waals surface area contributed by atoms with Gasteiger partial charge in [-0.3, -0.25) is 0 Å². The van der Waals surface area contributed by atoms with Crippen LogP contribution in [0.3, 0.4) is 0 Å². The van der Waals surface area contributed by atoms with Crippen LogP contribution in [0.2, 0.25) is 5.02 Å². The zero-order chi connectivity index (χ0) is 22.6. The number of hydrogen-bond acceptors (Lipinski definition) is 3. The molecule has 0 aliphatic carbocycles. The Kier molecular flexibility index (Phi) is 5.88. The Morgan fingerprint density at radius 3 is 1.76 bits per heavy atom. The van der Waals surface area contributed by atoms with Crippen LogP contribution in [0.1, 0.15) is 0 Å². The van der Waals surface area contributed by atoms with Crippen LogP contribution in [-0.4, -0.2) is 17.0 Å². The zero-order valence-electron chi connectivity index (χ0n) is 18.2. The first kappa shape index (κ1) is 20.9. The van der Waals surface area contributed by atoms with E-state index in [1.54, 1.807) is 0 Å². The summed E-state index contributed by atoms with van der Waals surface area (Å²) in [6, 6.07) is 36.5. The molecule has 5 rings (SSSR count). The molecule has 0 aliphatic rings. The van der Waals surface area contributed by atoms with Gasteiger partial charge in [0, 0.05) is 40.0 Å². The van der Waals surface area contributed by atoms with Crippen molar-refractivity contribution in [1.82, 2.24) is 9.97 Å². The molecule has 0 spiro atoms. The van der Waals surface area contributed by atoms with Crippen LogP contribution in [0, 0.1) is 0 Å². The molecule has 0 saturated carbocycles. The van der Waals surface area contributed by atoms with Crippen LogP contribution in [0.5, 0.6) is 0 Å². The smallest absolute Gasteiger partial charge is 0.161 e. The second-order valence-corrected chi connectivity index (χ2v) is 8.12. The zero-order valence-corrected chi connectivity index (χ0v) is 18.9. The Hall–Kier alpha value is -3.95. The Bertz CT molecular complexity index is 1340. The molecule has 0 amide bonds. The summed E-state index contributed by atoms with van der Waals surface area (Å²) in [4.78, 5) is 9.99. The average Bonchev–Trinajstić information content (AvgIpc) is 2.89. The Balaban J connectivity index is 1.76. The molecule has 1 aromatic heterocycles. The fraction of sp³-hybridized carbons (Fsp3) is 0.0345. The number of nitrogens with one attached hydrogen (secondary N) is 1. The minimum Gasteiger partial charge on any atom is -0.388 e.